The first kappa shape index (κ1) is 15.9. The fraction of sp³-hybridized carbons (Fsp3) is 0.444. The molecule has 23 heavy (non-hydrogen) atoms. The molecule has 0 radical (unpaired) electrons. The molecule has 5 nitrogen and oxygen atoms in total. The van der Waals surface area contributed by atoms with E-state index in [1.807, 2.05) is 12.1 Å². The molecule has 3 rings (SSSR count). The SMILES string of the molecule is COc1cc(CN2CC[C@H](NCc3ccoc3)C2)cc(OC)c1. The van der Waals surface area contributed by atoms with Gasteiger partial charge in [-0.1, -0.05) is 0 Å². The maximum Gasteiger partial charge on any atom is 0.122 e. The molecule has 1 atom stereocenters. The molecule has 1 fully saturated rings. The van der Waals surface area contributed by atoms with E-state index in [0.717, 1.165) is 37.7 Å². The summed E-state index contributed by atoms with van der Waals surface area (Å²) in [6, 6.07) is 8.59. The van der Waals surface area contributed by atoms with Crippen LogP contribution in [-0.2, 0) is 13.1 Å². The summed E-state index contributed by atoms with van der Waals surface area (Å²) in [5.74, 6) is 1.68. The molecular weight excluding hydrogens is 292 g/mol. The molecule has 1 aromatic carbocycles. The lowest BCUT2D eigenvalue weighted by Gasteiger charge is -2.17. The topological polar surface area (TPSA) is 46.9 Å². The van der Waals surface area contributed by atoms with E-state index in [-0.39, 0.29) is 0 Å². The van der Waals surface area contributed by atoms with Gasteiger partial charge in [-0.05, 0) is 30.2 Å². The third kappa shape index (κ3) is 4.27. The van der Waals surface area contributed by atoms with Crippen LogP contribution in [0.2, 0.25) is 0 Å². The standard InChI is InChI=1S/C18H24N2O3/c1-21-17-7-15(8-18(9-17)22-2)11-20-5-3-16(12-20)19-10-14-4-6-23-13-14/h4,6-9,13,16,19H,3,5,10-12H2,1-2H3/t16-/m0/s1. The largest absolute Gasteiger partial charge is 0.497 e. The van der Waals surface area contributed by atoms with Crippen LogP contribution in [-0.4, -0.2) is 38.3 Å². The Morgan fingerprint density at radius 1 is 1.17 bits per heavy atom. The van der Waals surface area contributed by atoms with Gasteiger partial charge in [-0.15, -0.1) is 0 Å². The Morgan fingerprint density at radius 2 is 1.96 bits per heavy atom. The van der Waals surface area contributed by atoms with Gasteiger partial charge in [-0.25, -0.2) is 0 Å². The minimum absolute atomic E-state index is 0.525. The highest BCUT2D eigenvalue weighted by Crippen LogP contribution is 2.24. The van der Waals surface area contributed by atoms with Gasteiger partial charge in [-0.2, -0.15) is 0 Å². The zero-order chi connectivity index (χ0) is 16.1. The van der Waals surface area contributed by atoms with E-state index in [1.165, 1.54) is 17.5 Å². The number of hydrogen-bond donors (Lipinski definition) is 1. The van der Waals surface area contributed by atoms with Crippen molar-refractivity contribution in [2.24, 2.45) is 0 Å². The number of likely N-dealkylation sites (tertiary alicyclic amines) is 1. The van der Waals surface area contributed by atoms with Crippen molar-refractivity contribution in [2.75, 3.05) is 27.3 Å². The molecular formula is C18H24N2O3. The average Bonchev–Trinajstić information content (AvgIpc) is 3.24. The summed E-state index contributed by atoms with van der Waals surface area (Å²) >= 11 is 0. The van der Waals surface area contributed by atoms with Crippen molar-refractivity contribution in [2.45, 2.75) is 25.6 Å². The summed E-state index contributed by atoms with van der Waals surface area (Å²) in [4.78, 5) is 2.46. The molecule has 0 bridgehead atoms. The Morgan fingerprint density at radius 3 is 2.61 bits per heavy atom. The van der Waals surface area contributed by atoms with Gasteiger partial charge in [-0.3, -0.25) is 4.90 Å². The zero-order valence-corrected chi connectivity index (χ0v) is 13.7. The summed E-state index contributed by atoms with van der Waals surface area (Å²) < 4.78 is 15.8. The molecule has 0 saturated carbocycles. The normalized spacial score (nSPS) is 18.3. The van der Waals surface area contributed by atoms with Crippen LogP contribution >= 0.6 is 0 Å². The molecule has 124 valence electrons. The first-order chi connectivity index (χ1) is 11.3. The number of furan rings is 1. The predicted molar refractivity (Wildman–Crippen MR) is 88.8 cm³/mol. The molecule has 1 N–H and O–H groups in total. The first-order valence-corrected chi connectivity index (χ1v) is 7.95. The Kier molecular flexibility index (Phi) is 5.20. The minimum atomic E-state index is 0.525. The fourth-order valence-electron chi connectivity index (χ4n) is 3.01. The average molecular weight is 316 g/mol. The highest BCUT2D eigenvalue weighted by Gasteiger charge is 2.22. The van der Waals surface area contributed by atoms with Crippen molar-refractivity contribution < 1.29 is 13.9 Å². The first-order valence-electron chi connectivity index (χ1n) is 7.95. The number of ether oxygens (including phenoxy) is 2. The van der Waals surface area contributed by atoms with E-state index in [0.29, 0.717) is 6.04 Å². The van der Waals surface area contributed by atoms with Gasteiger partial charge in [0.25, 0.3) is 0 Å². The van der Waals surface area contributed by atoms with E-state index in [4.69, 9.17) is 13.9 Å². The fourth-order valence-corrected chi connectivity index (χ4v) is 3.01. The van der Waals surface area contributed by atoms with Gasteiger partial charge in [0.1, 0.15) is 11.5 Å². The summed E-state index contributed by atoms with van der Waals surface area (Å²) in [5.41, 5.74) is 2.41. The van der Waals surface area contributed by atoms with Gasteiger partial charge < -0.3 is 19.2 Å². The van der Waals surface area contributed by atoms with E-state index in [1.54, 1.807) is 26.7 Å². The lowest BCUT2D eigenvalue weighted by molar-refractivity contribution is 0.317. The molecule has 0 amide bonds. The number of rotatable bonds is 7. The summed E-state index contributed by atoms with van der Waals surface area (Å²) in [5, 5.41) is 3.59. The number of benzene rings is 1. The second kappa shape index (κ2) is 7.53. The van der Waals surface area contributed by atoms with Crippen LogP contribution in [0.1, 0.15) is 17.5 Å². The van der Waals surface area contributed by atoms with Crippen molar-refractivity contribution >= 4 is 0 Å². The number of nitrogens with zero attached hydrogens (tertiary/aromatic N) is 1. The van der Waals surface area contributed by atoms with Crippen molar-refractivity contribution in [3.63, 3.8) is 0 Å². The zero-order valence-electron chi connectivity index (χ0n) is 13.7. The Labute approximate surface area is 137 Å². The Balaban J connectivity index is 1.53. The molecule has 1 aromatic heterocycles. The monoisotopic (exact) mass is 316 g/mol. The van der Waals surface area contributed by atoms with Gasteiger partial charge in [0.15, 0.2) is 0 Å². The van der Waals surface area contributed by atoms with E-state index in [9.17, 15) is 0 Å². The molecule has 1 saturated heterocycles. The second-order valence-electron chi connectivity index (χ2n) is 5.95. The van der Waals surface area contributed by atoms with Gasteiger partial charge >= 0.3 is 0 Å². The Hall–Kier alpha value is -1.98. The number of nitrogens with one attached hydrogen (secondary N) is 1. The van der Waals surface area contributed by atoms with Crippen LogP contribution in [0, 0.1) is 0 Å². The smallest absolute Gasteiger partial charge is 0.122 e. The maximum atomic E-state index is 5.34. The minimum Gasteiger partial charge on any atom is -0.497 e. The van der Waals surface area contributed by atoms with Crippen molar-refractivity contribution in [1.82, 2.24) is 10.2 Å². The number of methoxy groups -OCH3 is 2. The molecule has 2 aromatic rings. The van der Waals surface area contributed by atoms with Crippen molar-refractivity contribution in [3.05, 3.63) is 47.9 Å². The Bertz CT molecular complexity index is 590. The molecule has 1 aliphatic rings. The van der Waals surface area contributed by atoms with E-state index in [2.05, 4.69) is 22.3 Å². The molecule has 1 aliphatic heterocycles. The lowest BCUT2D eigenvalue weighted by Crippen LogP contribution is -2.31. The van der Waals surface area contributed by atoms with Crippen LogP contribution in [0.5, 0.6) is 11.5 Å². The van der Waals surface area contributed by atoms with E-state index < -0.39 is 0 Å². The molecule has 2 heterocycles. The van der Waals surface area contributed by atoms with Crippen LogP contribution in [0.25, 0.3) is 0 Å². The third-order valence-corrected chi connectivity index (χ3v) is 4.26. The van der Waals surface area contributed by atoms with Crippen LogP contribution in [0.4, 0.5) is 0 Å². The van der Waals surface area contributed by atoms with Gasteiger partial charge in [0, 0.05) is 43.9 Å². The van der Waals surface area contributed by atoms with Crippen LogP contribution < -0.4 is 14.8 Å². The molecule has 5 heteroatoms. The third-order valence-electron chi connectivity index (χ3n) is 4.26. The van der Waals surface area contributed by atoms with Crippen LogP contribution in [0.3, 0.4) is 0 Å². The second-order valence-corrected chi connectivity index (χ2v) is 5.95. The molecule has 0 spiro atoms. The van der Waals surface area contributed by atoms with Gasteiger partial charge in [0.05, 0.1) is 26.7 Å². The highest BCUT2D eigenvalue weighted by molar-refractivity contribution is 5.38. The molecule has 0 unspecified atom stereocenters. The quantitative estimate of drug-likeness (QED) is 0.851. The summed E-state index contributed by atoms with van der Waals surface area (Å²) in [7, 11) is 3.37. The lowest BCUT2D eigenvalue weighted by atomic mass is 10.2. The van der Waals surface area contributed by atoms with E-state index >= 15 is 0 Å². The number of hydrogen-bond acceptors (Lipinski definition) is 5. The van der Waals surface area contributed by atoms with Crippen molar-refractivity contribution in [3.8, 4) is 11.5 Å². The summed E-state index contributed by atoms with van der Waals surface area (Å²) in [6.07, 6.45) is 4.68. The maximum absolute atomic E-state index is 5.34. The van der Waals surface area contributed by atoms with Gasteiger partial charge in [0.2, 0.25) is 0 Å². The highest BCUT2D eigenvalue weighted by atomic mass is 16.5. The predicted octanol–water partition coefficient (Wildman–Crippen LogP) is 2.66. The molecule has 0 aliphatic carbocycles. The van der Waals surface area contributed by atoms with Crippen molar-refractivity contribution in [1.29, 1.82) is 0 Å². The van der Waals surface area contributed by atoms with Crippen LogP contribution in [0.15, 0.2) is 41.2 Å². The summed E-state index contributed by atoms with van der Waals surface area (Å²) in [6.45, 7) is 3.93.